The number of nitrogens with zero attached hydrogens (tertiary/aromatic N) is 1. The first kappa shape index (κ1) is 21.5. The smallest absolute Gasteiger partial charge is 0.258 e. The van der Waals surface area contributed by atoms with Crippen LogP contribution in [0.1, 0.15) is 24.3 Å². The number of anilines is 1. The summed E-state index contributed by atoms with van der Waals surface area (Å²) in [6.07, 6.45) is 2.53. The maximum atomic E-state index is 12.7. The highest BCUT2D eigenvalue weighted by atomic mass is 32.1. The SMILES string of the molecule is CC(C)C(NC(=O)COc1ccccc1)C(=O)Nc1ncc(Cc2ccccc2)s1. The molecule has 0 fully saturated rings. The van der Waals surface area contributed by atoms with Gasteiger partial charge in [-0.3, -0.25) is 9.59 Å². The van der Waals surface area contributed by atoms with Crippen LogP contribution in [0.2, 0.25) is 0 Å². The van der Waals surface area contributed by atoms with Crippen LogP contribution in [0.4, 0.5) is 5.13 Å². The molecule has 0 saturated carbocycles. The van der Waals surface area contributed by atoms with E-state index in [0.717, 1.165) is 11.3 Å². The van der Waals surface area contributed by atoms with E-state index in [-0.39, 0.29) is 24.3 Å². The second-order valence-corrected chi connectivity index (χ2v) is 8.29. The van der Waals surface area contributed by atoms with Gasteiger partial charge in [-0.05, 0) is 23.6 Å². The number of rotatable bonds is 9. The monoisotopic (exact) mass is 423 g/mol. The highest BCUT2D eigenvalue weighted by Crippen LogP contribution is 2.21. The summed E-state index contributed by atoms with van der Waals surface area (Å²) in [6.45, 7) is 3.61. The predicted molar refractivity (Wildman–Crippen MR) is 119 cm³/mol. The summed E-state index contributed by atoms with van der Waals surface area (Å²) < 4.78 is 5.45. The molecule has 3 aromatic rings. The van der Waals surface area contributed by atoms with E-state index in [1.54, 1.807) is 18.3 Å². The van der Waals surface area contributed by atoms with E-state index in [2.05, 4.69) is 27.8 Å². The first-order valence-electron chi connectivity index (χ1n) is 9.78. The zero-order valence-electron chi connectivity index (χ0n) is 17.0. The van der Waals surface area contributed by atoms with Crippen molar-refractivity contribution in [2.75, 3.05) is 11.9 Å². The lowest BCUT2D eigenvalue weighted by molar-refractivity contribution is -0.128. The topological polar surface area (TPSA) is 80.3 Å². The van der Waals surface area contributed by atoms with Crippen LogP contribution in [0.25, 0.3) is 0 Å². The van der Waals surface area contributed by atoms with Crippen molar-refractivity contribution >= 4 is 28.3 Å². The van der Waals surface area contributed by atoms with Gasteiger partial charge in [0.2, 0.25) is 5.91 Å². The van der Waals surface area contributed by atoms with Crippen LogP contribution >= 0.6 is 11.3 Å². The zero-order valence-corrected chi connectivity index (χ0v) is 17.8. The number of para-hydroxylation sites is 1. The molecule has 6 nitrogen and oxygen atoms in total. The average molecular weight is 424 g/mol. The Hall–Kier alpha value is -3.19. The minimum atomic E-state index is -0.682. The third-order valence-corrected chi connectivity index (χ3v) is 5.30. The number of aromatic nitrogens is 1. The van der Waals surface area contributed by atoms with Crippen LogP contribution in [0, 0.1) is 5.92 Å². The summed E-state index contributed by atoms with van der Waals surface area (Å²) in [4.78, 5) is 30.3. The Labute approximate surface area is 180 Å². The maximum Gasteiger partial charge on any atom is 0.258 e. The van der Waals surface area contributed by atoms with Crippen LogP contribution < -0.4 is 15.4 Å². The second-order valence-electron chi connectivity index (χ2n) is 7.17. The lowest BCUT2D eigenvalue weighted by atomic mass is 10.0. The van der Waals surface area contributed by atoms with Crippen molar-refractivity contribution in [3.8, 4) is 5.75 Å². The largest absolute Gasteiger partial charge is 0.484 e. The van der Waals surface area contributed by atoms with E-state index in [4.69, 9.17) is 4.74 Å². The van der Waals surface area contributed by atoms with Gasteiger partial charge in [0.1, 0.15) is 11.8 Å². The number of thiazole rings is 1. The molecule has 1 heterocycles. The number of ether oxygens (including phenoxy) is 1. The van der Waals surface area contributed by atoms with E-state index in [0.29, 0.717) is 10.9 Å². The number of nitrogens with one attached hydrogen (secondary N) is 2. The third kappa shape index (κ3) is 6.42. The van der Waals surface area contributed by atoms with Crippen molar-refractivity contribution in [3.05, 3.63) is 77.3 Å². The predicted octanol–water partition coefficient (Wildman–Crippen LogP) is 3.89. The van der Waals surface area contributed by atoms with Crippen LogP contribution in [0.15, 0.2) is 66.9 Å². The minimum Gasteiger partial charge on any atom is -0.484 e. The fourth-order valence-corrected chi connectivity index (χ4v) is 3.69. The number of hydrogen-bond acceptors (Lipinski definition) is 5. The molecule has 0 saturated heterocycles. The molecule has 1 unspecified atom stereocenters. The van der Waals surface area contributed by atoms with E-state index in [1.165, 1.54) is 16.9 Å². The molecule has 2 N–H and O–H groups in total. The molecule has 2 amide bonds. The molecule has 7 heteroatoms. The van der Waals surface area contributed by atoms with Gasteiger partial charge in [0.05, 0.1) is 0 Å². The molecule has 1 atom stereocenters. The summed E-state index contributed by atoms with van der Waals surface area (Å²) in [5.74, 6) is -0.128. The van der Waals surface area contributed by atoms with Crippen molar-refractivity contribution in [1.82, 2.24) is 10.3 Å². The van der Waals surface area contributed by atoms with Crippen molar-refractivity contribution in [2.24, 2.45) is 5.92 Å². The number of amides is 2. The van der Waals surface area contributed by atoms with Gasteiger partial charge in [0.15, 0.2) is 11.7 Å². The summed E-state index contributed by atoms with van der Waals surface area (Å²) in [7, 11) is 0. The van der Waals surface area contributed by atoms with Crippen LogP contribution in [0.3, 0.4) is 0 Å². The Balaban J connectivity index is 1.54. The van der Waals surface area contributed by atoms with Gasteiger partial charge in [0.25, 0.3) is 5.91 Å². The van der Waals surface area contributed by atoms with Gasteiger partial charge in [-0.15, -0.1) is 11.3 Å². The molecule has 0 aliphatic heterocycles. The zero-order chi connectivity index (χ0) is 21.3. The van der Waals surface area contributed by atoms with E-state index < -0.39 is 6.04 Å². The van der Waals surface area contributed by atoms with Crippen LogP contribution in [-0.4, -0.2) is 29.4 Å². The Morgan fingerprint density at radius 1 is 1.03 bits per heavy atom. The molecule has 0 radical (unpaired) electrons. The molecular weight excluding hydrogens is 398 g/mol. The molecule has 30 heavy (non-hydrogen) atoms. The molecule has 3 rings (SSSR count). The number of benzene rings is 2. The van der Waals surface area contributed by atoms with Gasteiger partial charge >= 0.3 is 0 Å². The Kier molecular flexibility index (Phi) is 7.57. The molecule has 1 aromatic heterocycles. The number of carbonyl (C=O) groups excluding carboxylic acids is 2. The molecule has 2 aromatic carbocycles. The lowest BCUT2D eigenvalue weighted by Crippen LogP contribution is -2.48. The van der Waals surface area contributed by atoms with Gasteiger partial charge in [0, 0.05) is 17.5 Å². The summed E-state index contributed by atoms with van der Waals surface area (Å²) in [6, 6.07) is 18.5. The summed E-state index contributed by atoms with van der Waals surface area (Å²) in [5, 5.41) is 6.10. The molecule has 156 valence electrons. The fraction of sp³-hybridized carbons (Fsp3) is 0.261. The van der Waals surface area contributed by atoms with Crippen molar-refractivity contribution in [1.29, 1.82) is 0 Å². The maximum absolute atomic E-state index is 12.7. The molecule has 0 spiro atoms. The fourth-order valence-electron chi connectivity index (χ4n) is 2.84. The van der Waals surface area contributed by atoms with Crippen molar-refractivity contribution in [3.63, 3.8) is 0 Å². The average Bonchev–Trinajstić information content (AvgIpc) is 3.18. The second kappa shape index (κ2) is 10.5. The summed E-state index contributed by atoms with van der Waals surface area (Å²) in [5.41, 5.74) is 1.18. The Morgan fingerprint density at radius 3 is 2.37 bits per heavy atom. The standard InChI is InChI=1S/C23H25N3O3S/c1-16(2)21(25-20(27)15-29-18-11-7-4-8-12-18)22(28)26-23-24-14-19(30-23)13-17-9-5-3-6-10-17/h3-12,14,16,21H,13,15H2,1-2H3,(H,25,27)(H,24,26,28). The minimum absolute atomic E-state index is 0.0885. The third-order valence-electron chi connectivity index (χ3n) is 4.38. The van der Waals surface area contributed by atoms with E-state index in [9.17, 15) is 9.59 Å². The van der Waals surface area contributed by atoms with Crippen molar-refractivity contribution in [2.45, 2.75) is 26.3 Å². The van der Waals surface area contributed by atoms with Crippen molar-refractivity contribution < 1.29 is 14.3 Å². The molecule has 0 bridgehead atoms. The van der Waals surface area contributed by atoms with Gasteiger partial charge in [-0.25, -0.2) is 4.98 Å². The molecule has 0 aliphatic rings. The first-order valence-corrected chi connectivity index (χ1v) is 10.6. The van der Waals surface area contributed by atoms with Gasteiger partial charge in [-0.1, -0.05) is 62.4 Å². The summed E-state index contributed by atoms with van der Waals surface area (Å²) >= 11 is 1.43. The Morgan fingerprint density at radius 2 is 1.70 bits per heavy atom. The highest BCUT2D eigenvalue weighted by molar-refractivity contribution is 7.15. The molecular formula is C23H25N3O3S. The first-order chi connectivity index (χ1) is 14.5. The molecule has 0 aliphatic carbocycles. The quantitative estimate of drug-likeness (QED) is 0.547. The van der Waals surface area contributed by atoms with Crippen LogP contribution in [0.5, 0.6) is 5.75 Å². The number of carbonyl (C=O) groups is 2. The number of hydrogen-bond donors (Lipinski definition) is 2. The van der Waals surface area contributed by atoms with Crippen LogP contribution in [-0.2, 0) is 16.0 Å². The van der Waals surface area contributed by atoms with E-state index in [1.807, 2.05) is 50.2 Å². The van der Waals surface area contributed by atoms with E-state index >= 15 is 0 Å². The highest BCUT2D eigenvalue weighted by Gasteiger charge is 2.25. The normalized spacial score (nSPS) is 11.7. The Bertz CT molecular complexity index is 958. The van der Waals surface area contributed by atoms with Gasteiger partial charge < -0.3 is 15.4 Å². The van der Waals surface area contributed by atoms with Gasteiger partial charge in [-0.2, -0.15) is 0 Å². The lowest BCUT2D eigenvalue weighted by Gasteiger charge is -2.21.